The number of rotatable bonds is 1. The highest BCUT2D eigenvalue weighted by Gasteiger charge is 2.05. The first kappa shape index (κ1) is 9.03. The number of hydrogen-bond acceptors (Lipinski definition) is 0. The Morgan fingerprint density at radius 1 is 1.00 bits per heavy atom. The predicted octanol–water partition coefficient (Wildman–Crippen LogP) is 4.21. The molecule has 0 aliphatic carbocycles. The predicted molar refractivity (Wildman–Crippen MR) is 61.6 cm³/mol. The fourth-order valence-electron chi connectivity index (χ4n) is 1.21. The Morgan fingerprint density at radius 2 is 1.85 bits per heavy atom. The number of nitrogens with one attached hydrogen (secondary N) is 1. The number of hydrogen-bond donors (Lipinski definition) is 1. The molecular weight excluding hydrogens is 294 g/mol. The van der Waals surface area contributed by atoms with Crippen LogP contribution >= 0.6 is 31.9 Å². The summed E-state index contributed by atoms with van der Waals surface area (Å²) in [5.41, 5.74) is 2.28. The monoisotopic (exact) mass is 299 g/mol. The SMILES string of the molecule is Brc1cccc(-c2ccc[nH]2)c1Br. The number of halogens is 2. The van der Waals surface area contributed by atoms with Crippen molar-refractivity contribution < 1.29 is 0 Å². The van der Waals surface area contributed by atoms with Gasteiger partial charge in [-0.25, -0.2) is 0 Å². The van der Waals surface area contributed by atoms with Crippen LogP contribution in [-0.2, 0) is 0 Å². The lowest BCUT2D eigenvalue weighted by Gasteiger charge is -2.03. The van der Waals surface area contributed by atoms with Crippen LogP contribution in [0.4, 0.5) is 0 Å². The van der Waals surface area contributed by atoms with Gasteiger partial charge in [0.15, 0.2) is 0 Å². The molecule has 1 heterocycles. The van der Waals surface area contributed by atoms with Gasteiger partial charge in [0.1, 0.15) is 0 Å². The van der Waals surface area contributed by atoms with Gasteiger partial charge < -0.3 is 4.98 Å². The Labute approximate surface area is 93.4 Å². The minimum absolute atomic E-state index is 1.07. The van der Waals surface area contributed by atoms with Gasteiger partial charge in [-0.2, -0.15) is 0 Å². The molecule has 1 aromatic carbocycles. The fourth-order valence-corrected chi connectivity index (χ4v) is 2.05. The minimum atomic E-state index is 1.07. The van der Waals surface area contributed by atoms with E-state index in [1.807, 2.05) is 30.5 Å². The smallest absolute Gasteiger partial charge is 0.0465 e. The van der Waals surface area contributed by atoms with Gasteiger partial charge >= 0.3 is 0 Å². The van der Waals surface area contributed by atoms with Crippen molar-refractivity contribution in [2.45, 2.75) is 0 Å². The van der Waals surface area contributed by atoms with Crippen molar-refractivity contribution in [3.63, 3.8) is 0 Å². The van der Waals surface area contributed by atoms with E-state index < -0.39 is 0 Å². The molecular formula is C10H7Br2N. The molecule has 0 spiro atoms. The van der Waals surface area contributed by atoms with E-state index in [1.165, 1.54) is 5.56 Å². The van der Waals surface area contributed by atoms with Crippen molar-refractivity contribution in [2.75, 3.05) is 0 Å². The molecule has 0 unspecified atom stereocenters. The van der Waals surface area contributed by atoms with Crippen molar-refractivity contribution in [3.05, 3.63) is 45.5 Å². The van der Waals surface area contributed by atoms with Gasteiger partial charge in [-0.05, 0) is 50.1 Å². The van der Waals surface area contributed by atoms with Crippen molar-refractivity contribution >= 4 is 31.9 Å². The zero-order chi connectivity index (χ0) is 9.26. The molecule has 1 nitrogen and oxygen atoms in total. The average molecular weight is 301 g/mol. The number of aromatic amines is 1. The second-order valence-electron chi connectivity index (χ2n) is 2.69. The Morgan fingerprint density at radius 3 is 2.54 bits per heavy atom. The summed E-state index contributed by atoms with van der Waals surface area (Å²) in [5.74, 6) is 0. The Balaban J connectivity index is 2.59. The maximum Gasteiger partial charge on any atom is 0.0465 e. The van der Waals surface area contributed by atoms with Gasteiger partial charge in [0, 0.05) is 26.4 Å². The molecule has 2 rings (SSSR count). The summed E-state index contributed by atoms with van der Waals surface area (Å²) in [5, 5.41) is 0. The van der Waals surface area contributed by atoms with E-state index in [2.05, 4.69) is 42.9 Å². The summed E-state index contributed by atoms with van der Waals surface area (Å²) in [6, 6.07) is 10.1. The van der Waals surface area contributed by atoms with E-state index >= 15 is 0 Å². The molecule has 0 saturated carbocycles. The first-order chi connectivity index (χ1) is 6.29. The molecule has 0 amide bonds. The number of aromatic nitrogens is 1. The third kappa shape index (κ3) is 1.71. The van der Waals surface area contributed by atoms with Crippen LogP contribution in [0.5, 0.6) is 0 Å². The second kappa shape index (κ2) is 3.68. The van der Waals surface area contributed by atoms with E-state index in [4.69, 9.17) is 0 Å². The molecule has 1 aromatic heterocycles. The highest BCUT2D eigenvalue weighted by atomic mass is 79.9. The molecule has 0 saturated heterocycles. The highest BCUT2D eigenvalue weighted by molar-refractivity contribution is 9.13. The molecule has 13 heavy (non-hydrogen) atoms. The largest absolute Gasteiger partial charge is 0.361 e. The van der Waals surface area contributed by atoms with Gasteiger partial charge in [-0.15, -0.1) is 0 Å². The standard InChI is InChI=1S/C10H7Br2N/c11-8-4-1-3-7(10(8)12)9-5-2-6-13-9/h1-6,13H. The molecule has 2 aromatic rings. The highest BCUT2D eigenvalue weighted by Crippen LogP contribution is 2.32. The zero-order valence-corrected chi connectivity index (χ0v) is 9.89. The lowest BCUT2D eigenvalue weighted by atomic mass is 10.2. The van der Waals surface area contributed by atoms with Crippen LogP contribution in [0.1, 0.15) is 0 Å². The summed E-state index contributed by atoms with van der Waals surface area (Å²) in [6.45, 7) is 0. The van der Waals surface area contributed by atoms with Crippen molar-refractivity contribution in [1.29, 1.82) is 0 Å². The van der Waals surface area contributed by atoms with Crippen LogP contribution in [-0.4, -0.2) is 4.98 Å². The molecule has 1 N–H and O–H groups in total. The van der Waals surface area contributed by atoms with Crippen LogP contribution in [0.2, 0.25) is 0 Å². The lowest BCUT2D eigenvalue weighted by molar-refractivity contribution is 1.39. The number of benzene rings is 1. The Hall–Kier alpha value is -0.540. The van der Waals surface area contributed by atoms with E-state index in [1.54, 1.807) is 0 Å². The molecule has 3 heteroatoms. The Kier molecular flexibility index (Phi) is 2.56. The summed E-state index contributed by atoms with van der Waals surface area (Å²) in [4.78, 5) is 3.17. The summed E-state index contributed by atoms with van der Waals surface area (Å²) >= 11 is 7.01. The zero-order valence-electron chi connectivity index (χ0n) is 6.72. The van der Waals surface area contributed by atoms with E-state index in [-0.39, 0.29) is 0 Å². The maximum atomic E-state index is 3.53. The molecule has 0 radical (unpaired) electrons. The summed E-state index contributed by atoms with van der Waals surface area (Å²) < 4.78 is 2.15. The number of H-pyrrole nitrogens is 1. The third-order valence-electron chi connectivity index (χ3n) is 1.84. The topological polar surface area (TPSA) is 15.8 Å². The van der Waals surface area contributed by atoms with Crippen LogP contribution in [0.3, 0.4) is 0 Å². The first-order valence-corrected chi connectivity index (χ1v) is 5.45. The van der Waals surface area contributed by atoms with E-state index in [0.29, 0.717) is 0 Å². The maximum absolute atomic E-state index is 3.53. The van der Waals surface area contributed by atoms with E-state index in [0.717, 1.165) is 14.6 Å². The molecule has 0 aliphatic heterocycles. The quantitative estimate of drug-likeness (QED) is 0.812. The minimum Gasteiger partial charge on any atom is -0.361 e. The molecule has 0 atom stereocenters. The third-order valence-corrected chi connectivity index (χ3v) is 3.89. The molecule has 0 bridgehead atoms. The molecule has 66 valence electrons. The van der Waals surface area contributed by atoms with Gasteiger partial charge in [0.05, 0.1) is 0 Å². The molecule has 0 aliphatic rings. The molecule has 0 fully saturated rings. The van der Waals surface area contributed by atoms with Crippen LogP contribution < -0.4 is 0 Å². The van der Waals surface area contributed by atoms with Crippen molar-refractivity contribution in [3.8, 4) is 11.3 Å². The van der Waals surface area contributed by atoms with Gasteiger partial charge in [0.25, 0.3) is 0 Å². The first-order valence-electron chi connectivity index (χ1n) is 3.87. The van der Waals surface area contributed by atoms with Crippen molar-refractivity contribution in [2.24, 2.45) is 0 Å². The van der Waals surface area contributed by atoms with E-state index in [9.17, 15) is 0 Å². The van der Waals surface area contributed by atoms with Crippen LogP contribution in [0.15, 0.2) is 45.5 Å². The van der Waals surface area contributed by atoms with Gasteiger partial charge in [-0.3, -0.25) is 0 Å². The van der Waals surface area contributed by atoms with Crippen LogP contribution in [0, 0.1) is 0 Å². The summed E-state index contributed by atoms with van der Waals surface area (Å²) in [7, 11) is 0. The van der Waals surface area contributed by atoms with Crippen LogP contribution in [0.25, 0.3) is 11.3 Å². The van der Waals surface area contributed by atoms with Crippen molar-refractivity contribution in [1.82, 2.24) is 4.98 Å². The fraction of sp³-hybridized carbons (Fsp3) is 0. The van der Waals surface area contributed by atoms with Gasteiger partial charge in [0.2, 0.25) is 0 Å². The van der Waals surface area contributed by atoms with Gasteiger partial charge in [-0.1, -0.05) is 12.1 Å². The Bertz CT molecular complexity index is 407. The normalized spacial score (nSPS) is 10.3. The average Bonchev–Trinajstić information content (AvgIpc) is 2.62. The second-order valence-corrected chi connectivity index (χ2v) is 4.33. The lowest BCUT2D eigenvalue weighted by Crippen LogP contribution is -1.79. The summed E-state index contributed by atoms with van der Waals surface area (Å²) in [6.07, 6.45) is 1.92.